The van der Waals surface area contributed by atoms with E-state index in [2.05, 4.69) is 9.72 Å². The molecule has 0 saturated carbocycles. The van der Waals surface area contributed by atoms with E-state index in [0.717, 1.165) is 5.69 Å². The molecule has 138 valence electrons. The van der Waals surface area contributed by atoms with Gasteiger partial charge in [-0.3, -0.25) is 14.6 Å². The summed E-state index contributed by atoms with van der Waals surface area (Å²) in [6.45, 7) is 0.484. The van der Waals surface area contributed by atoms with Gasteiger partial charge in [0, 0.05) is 24.4 Å². The predicted octanol–water partition coefficient (Wildman–Crippen LogP) is 2.30. The molecule has 0 unspecified atom stereocenters. The van der Waals surface area contributed by atoms with E-state index < -0.39 is 0 Å². The van der Waals surface area contributed by atoms with Gasteiger partial charge in [0.05, 0.1) is 40.0 Å². The monoisotopic (exact) mass is 358 g/mol. The maximum Gasteiger partial charge on any atom is 0.307 e. The molecule has 0 spiro atoms. The Balaban J connectivity index is 2.27. The summed E-state index contributed by atoms with van der Waals surface area (Å²) < 4.78 is 15.1. The third-order valence-corrected chi connectivity index (χ3v) is 3.78. The number of methoxy groups -OCH3 is 3. The van der Waals surface area contributed by atoms with Crippen LogP contribution in [0.3, 0.4) is 0 Å². The van der Waals surface area contributed by atoms with Crippen molar-refractivity contribution in [2.75, 3.05) is 27.9 Å². The lowest BCUT2D eigenvalue weighted by molar-refractivity contribution is -0.140. The Bertz CT molecular complexity index is 727. The molecule has 0 bridgehead atoms. The molecule has 1 aromatic heterocycles. The number of rotatable bonds is 8. The van der Waals surface area contributed by atoms with Gasteiger partial charge >= 0.3 is 5.97 Å². The zero-order valence-corrected chi connectivity index (χ0v) is 15.1. The predicted molar refractivity (Wildman–Crippen MR) is 95.2 cm³/mol. The maximum atomic E-state index is 13.0. The van der Waals surface area contributed by atoms with Crippen molar-refractivity contribution in [2.45, 2.75) is 13.0 Å². The summed E-state index contributed by atoms with van der Waals surface area (Å²) in [5, 5.41) is 0. The highest BCUT2D eigenvalue weighted by atomic mass is 16.5. The molecule has 7 heteroatoms. The van der Waals surface area contributed by atoms with Gasteiger partial charge in [-0.25, -0.2) is 0 Å². The summed E-state index contributed by atoms with van der Waals surface area (Å²) in [4.78, 5) is 30.3. The van der Waals surface area contributed by atoms with Crippen molar-refractivity contribution in [3.05, 3.63) is 53.9 Å². The number of carbonyl (C=O) groups is 2. The van der Waals surface area contributed by atoms with E-state index in [1.165, 1.54) is 21.3 Å². The van der Waals surface area contributed by atoms with Crippen LogP contribution in [-0.2, 0) is 16.1 Å². The zero-order chi connectivity index (χ0) is 18.9. The Labute approximate surface area is 152 Å². The van der Waals surface area contributed by atoms with Crippen LogP contribution in [-0.4, -0.2) is 49.6 Å². The summed E-state index contributed by atoms with van der Waals surface area (Å²) in [5.74, 6) is 0.390. The second-order valence-electron chi connectivity index (χ2n) is 5.48. The average Bonchev–Trinajstić information content (AvgIpc) is 2.70. The number of esters is 1. The number of aromatic nitrogens is 1. The topological polar surface area (TPSA) is 78.0 Å². The van der Waals surface area contributed by atoms with Crippen LogP contribution >= 0.6 is 0 Å². The second kappa shape index (κ2) is 9.41. The normalized spacial score (nSPS) is 10.1. The van der Waals surface area contributed by atoms with Gasteiger partial charge in [-0.2, -0.15) is 0 Å². The van der Waals surface area contributed by atoms with Crippen LogP contribution in [0.15, 0.2) is 42.6 Å². The van der Waals surface area contributed by atoms with E-state index in [1.807, 2.05) is 12.1 Å². The number of nitrogens with zero attached hydrogens (tertiary/aromatic N) is 2. The summed E-state index contributed by atoms with van der Waals surface area (Å²) in [6.07, 6.45) is 1.75. The first-order valence-electron chi connectivity index (χ1n) is 8.06. The lowest BCUT2D eigenvalue weighted by Crippen LogP contribution is -2.33. The van der Waals surface area contributed by atoms with Crippen LogP contribution in [0.2, 0.25) is 0 Å². The molecule has 0 atom stereocenters. The van der Waals surface area contributed by atoms with E-state index in [4.69, 9.17) is 9.47 Å². The zero-order valence-electron chi connectivity index (χ0n) is 15.1. The van der Waals surface area contributed by atoms with Crippen molar-refractivity contribution < 1.29 is 23.8 Å². The number of carbonyl (C=O) groups excluding carboxylic acids is 2. The molecule has 0 saturated heterocycles. The molecule has 0 fully saturated rings. The van der Waals surface area contributed by atoms with Crippen LogP contribution in [0.5, 0.6) is 11.5 Å². The minimum Gasteiger partial charge on any atom is -0.497 e. The molecule has 0 aliphatic heterocycles. The first-order chi connectivity index (χ1) is 12.6. The second-order valence-corrected chi connectivity index (χ2v) is 5.48. The molecule has 1 aromatic carbocycles. The van der Waals surface area contributed by atoms with Gasteiger partial charge < -0.3 is 19.1 Å². The van der Waals surface area contributed by atoms with E-state index in [1.54, 1.807) is 35.4 Å². The lowest BCUT2D eigenvalue weighted by atomic mass is 10.1. The molecular formula is C19H22N2O5. The van der Waals surface area contributed by atoms with Gasteiger partial charge in [0.25, 0.3) is 5.91 Å². The third kappa shape index (κ3) is 5.20. The largest absolute Gasteiger partial charge is 0.497 e. The van der Waals surface area contributed by atoms with Gasteiger partial charge in [-0.1, -0.05) is 6.07 Å². The van der Waals surface area contributed by atoms with Gasteiger partial charge in [0.2, 0.25) is 0 Å². The van der Waals surface area contributed by atoms with E-state index >= 15 is 0 Å². The number of amides is 1. The Morgan fingerprint density at radius 1 is 1.04 bits per heavy atom. The number of benzene rings is 1. The fourth-order valence-electron chi connectivity index (χ4n) is 2.38. The molecule has 2 aromatic rings. The number of hydrogen-bond donors (Lipinski definition) is 0. The van der Waals surface area contributed by atoms with Gasteiger partial charge in [-0.05, 0) is 24.3 Å². The quantitative estimate of drug-likeness (QED) is 0.674. The van der Waals surface area contributed by atoms with Gasteiger partial charge in [0.1, 0.15) is 11.5 Å². The van der Waals surface area contributed by atoms with Crippen molar-refractivity contribution in [3.63, 3.8) is 0 Å². The number of ether oxygens (including phenoxy) is 3. The van der Waals surface area contributed by atoms with Crippen molar-refractivity contribution >= 4 is 11.9 Å². The fourth-order valence-corrected chi connectivity index (χ4v) is 2.38. The van der Waals surface area contributed by atoms with E-state index in [9.17, 15) is 9.59 Å². The Hall–Kier alpha value is -3.09. The van der Waals surface area contributed by atoms with Crippen LogP contribution < -0.4 is 9.47 Å². The molecule has 0 aliphatic rings. The standard InChI is InChI=1S/C19H22N2O5/c1-24-16-10-14(11-17(12-16)25-2)19(23)21(9-7-18(22)26-3)13-15-6-4-5-8-20-15/h4-6,8,10-12H,7,9,13H2,1-3H3. The van der Waals surface area contributed by atoms with Crippen molar-refractivity contribution in [1.29, 1.82) is 0 Å². The smallest absolute Gasteiger partial charge is 0.307 e. The molecule has 0 radical (unpaired) electrons. The highest BCUT2D eigenvalue weighted by molar-refractivity contribution is 5.95. The molecule has 2 rings (SSSR count). The maximum absolute atomic E-state index is 13.0. The molecule has 0 N–H and O–H groups in total. The van der Waals surface area contributed by atoms with Crippen LogP contribution in [0.1, 0.15) is 22.5 Å². The summed E-state index contributed by atoms with van der Waals surface area (Å²) in [6, 6.07) is 10.4. The van der Waals surface area contributed by atoms with Crippen molar-refractivity contribution in [3.8, 4) is 11.5 Å². The van der Waals surface area contributed by atoms with E-state index in [0.29, 0.717) is 17.1 Å². The Morgan fingerprint density at radius 2 is 1.73 bits per heavy atom. The summed E-state index contributed by atoms with van der Waals surface area (Å²) >= 11 is 0. The SMILES string of the molecule is COC(=O)CCN(Cc1ccccn1)C(=O)c1cc(OC)cc(OC)c1. The third-order valence-electron chi connectivity index (χ3n) is 3.78. The van der Waals surface area contributed by atoms with Gasteiger partial charge in [0.15, 0.2) is 0 Å². The highest BCUT2D eigenvalue weighted by Gasteiger charge is 2.20. The van der Waals surface area contributed by atoms with Crippen LogP contribution in [0, 0.1) is 0 Å². The molecule has 1 heterocycles. The first-order valence-corrected chi connectivity index (χ1v) is 8.06. The van der Waals surface area contributed by atoms with Crippen molar-refractivity contribution in [2.24, 2.45) is 0 Å². The summed E-state index contributed by atoms with van der Waals surface area (Å²) in [5.41, 5.74) is 1.13. The molecule has 7 nitrogen and oxygen atoms in total. The number of hydrogen-bond acceptors (Lipinski definition) is 6. The molecule has 0 aliphatic carbocycles. The highest BCUT2D eigenvalue weighted by Crippen LogP contribution is 2.24. The van der Waals surface area contributed by atoms with Crippen LogP contribution in [0.25, 0.3) is 0 Å². The molecular weight excluding hydrogens is 336 g/mol. The average molecular weight is 358 g/mol. The molecule has 1 amide bonds. The lowest BCUT2D eigenvalue weighted by Gasteiger charge is -2.22. The van der Waals surface area contributed by atoms with Crippen molar-refractivity contribution in [1.82, 2.24) is 9.88 Å². The van der Waals surface area contributed by atoms with E-state index in [-0.39, 0.29) is 31.4 Å². The van der Waals surface area contributed by atoms with Gasteiger partial charge in [-0.15, -0.1) is 0 Å². The first kappa shape index (κ1) is 19.2. The Kier molecular flexibility index (Phi) is 6.96. The Morgan fingerprint density at radius 3 is 2.27 bits per heavy atom. The fraction of sp³-hybridized carbons (Fsp3) is 0.316. The number of pyridine rings is 1. The van der Waals surface area contributed by atoms with Crippen LogP contribution in [0.4, 0.5) is 0 Å². The minimum atomic E-state index is -0.382. The molecule has 26 heavy (non-hydrogen) atoms. The summed E-state index contributed by atoms with van der Waals surface area (Å²) in [7, 11) is 4.36. The minimum absolute atomic E-state index is 0.0934.